The maximum atomic E-state index is 2.47. The normalized spacial score (nSPS) is 12.3. The fourth-order valence-corrected chi connectivity index (χ4v) is 13.1. The number of aryl methyl sites for hydroxylation is 8. The largest absolute Gasteiger partial charge is 0.310 e. The van der Waals surface area contributed by atoms with Crippen molar-refractivity contribution >= 4 is 68.2 Å². The summed E-state index contributed by atoms with van der Waals surface area (Å²) in [6, 6.07) is 101. The van der Waals surface area contributed by atoms with E-state index in [1.54, 1.807) is 0 Å². The Morgan fingerprint density at radius 2 is 0.294 bits per heavy atom. The van der Waals surface area contributed by atoms with E-state index in [2.05, 4.69) is 342 Å². The van der Waals surface area contributed by atoms with Gasteiger partial charge in [0.15, 0.2) is 0 Å². The minimum Gasteiger partial charge on any atom is -0.310 e. The highest BCUT2D eigenvalue weighted by molar-refractivity contribution is 6.00. The molecule has 12 aromatic carbocycles. The Bertz CT molecular complexity index is 3680. The van der Waals surface area contributed by atoms with Crippen LogP contribution in [-0.4, -0.2) is 0 Å². The first-order valence-electron chi connectivity index (χ1n) is 29.7. The van der Waals surface area contributed by atoms with Crippen molar-refractivity contribution in [1.82, 2.24) is 0 Å². The molecule has 0 fully saturated rings. The minimum absolute atomic E-state index is 0.697. The Hall–Kier alpha value is -10.2. The van der Waals surface area contributed by atoms with Crippen LogP contribution in [0.2, 0.25) is 0 Å². The molecular formula is C81H68N4. The quantitative estimate of drug-likeness (QED) is 0.121. The van der Waals surface area contributed by atoms with E-state index in [1.165, 1.54) is 89.0 Å². The van der Waals surface area contributed by atoms with Crippen molar-refractivity contribution in [2.45, 2.75) is 60.8 Å². The van der Waals surface area contributed by atoms with Gasteiger partial charge >= 0.3 is 0 Å². The summed E-state index contributed by atoms with van der Waals surface area (Å²) in [5.41, 5.74) is 32.2. The third kappa shape index (κ3) is 9.35. The third-order valence-electron chi connectivity index (χ3n) is 17.6. The van der Waals surface area contributed by atoms with Crippen LogP contribution in [0, 0.1) is 55.4 Å². The molecule has 14 rings (SSSR count). The maximum absolute atomic E-state index is 2.47. The lowest BCUT2D eigenvalue weighted by molar-refractivity contribution is 0.793. The van der Waals surface area contributed by atoms with E-state index in [0.29, 0.717) is 0 Å². The lowest BCUT2D eigenvalue weighted by Crippen LogP contribution is -2.26. The van der Waals surface area contributed by atoms with Gasteiger partial charge in [-0.25, -0.2) is 0 Å². The Morgan fingerprint density at radius 1 is 0.165 bits per heavy atom. The molecule has 12 aromatic rings. The van der Waals surface area contributed by atoms with E-state index in [1.807, 2.05) is 0 Å². The van der Waals surface area contributed by atoms with Gasteiger partial charge in [0.1, 0.15) is 0 Å². The summed E-state index contributed by atoms with van der Waals surface area (Å²) in [5, 5.41) is 0. The Kier molecular flexibility index (Phi) is 13.2. The number of rotatable bonds is 12. The highest BCUT2D eigenvalue weighted by Gasteiger charge is 2.52. The van der Waals surface area contributed by atoms with Crippen molar-refractivity contribution < 1.29 is 0 Å². The fraction of sp³-hybridized carbons (Fsp3) is 0.111. The van der Waals surface area contributed by atoms with E-state index < -0.39 is 5.41 Å². The summed E-state index contributed by atoms with van der Waals surface area (Å²) in [4.78, 5) is 9.68. The molecule has 4 nitrogen and oxygen atoms in total. The second kappa shape index (κ2) is 21.2. The molecule has 0 atom stereocenters. The first-order valence-corrected chi connectivity index (χ1v) is 29.7. The molecule has 2 aliphatic carbocycles. The molecule has 0 aromatic heterocycles. The first-order chi connectivity index (χ1) is 41.4. The molecule has 4 heteroatoms. The van der Waals surface area contributed by atoms with Crippen molar-refractivity contribution in [1.29, 1.82) is 0 Å². The van der Waals surface area contributed by atoms with Crippen molar-refractivity contribution in [3.8, 4) is 22.3 Å². The molecule has 2 aliphatic rings. The van der Waals surface area contributed by atoms with Crippen LogP contribution in [-0.2, 0) is 5.41 Å². The number of fused-ring (bicyclic) bond motifs is 10. The molecule has 0 saturated carbocycles. The SMILES string of the molecule is Cc1ccc(N(c2ccc(C)cc2)c2ccc3c(c2)-c2cc(N(c4ccc(C)cc4)c4ccc(C)cc4)ccc2C32c3ccc(N(c4ccc(C)cc4)c4ccc(C)cc4)cc3-c3cc(N(c4ccc(C)cc4)c4ccc(C)cc4)ccc32)cc1. The number of anilines is 12. The van der Waals surface area contributed by atoms with E-state index in [-0.39, 0.29) is 0 Å². The van der Waals surface area contributed by atoms with Gasteiger partial charge in [0.05, 0.1) is 5.41 Å². The molecule has 0 radical (unpaired) electrons. The van der Waals surface area contributed by atoms with E-state index in [4.69, 9.17) is 0 Å². The second-order valence-electron chi connectivity index (χ2n) is 23.7. The zero-order valence-corrected chi connectivity index (χ0v) is 49.7. The lowest BCUT2D eigenvalue weighted by Gasteiger charge is -2.32. The molecule has 0 saturated heterocycles. The van der Waals surface area contributed by atoms with E-state index >= 15 is 0 Å². The summed E-state index contributed by atoms with van der Waals surface area (Å²) in [6.07, 6.45) is 0. The zero-order valence-electron chi connectivity index (χ0n) is 49.7. The van der Waals surface area contributed by atoms with Gasteiger partial charge in [-0.1, -0.05) is 166 Å². The standard InChI is InChI=1S/C81H68N4/c1-53-9-25-61(26-10-53)82(62-27-11-54(2)12-28-62)69-41-45-77-73(49-69)74-50-70(83(63-29-13-55(3)14-30-63)64-31-15-56(4)16-32-64)42-46-78(74)81(77)79-47-43-71(84(65-33-17-57(5)18-34-65)66-35-19-58(6)20-36-66)51-75(79)76-52-72(44-48-80(76)81)85(67-37-21-59(7)22-38-67)68-39-23-60(8)24-40-68/h9-52H,1-8H3. The predicted molar refractivity (Wildman–Crippen MR) is 359 cm³/mol. The highest BCUT2D eigenvalue weighted by Crippen LogP contribution is 2.65. The summed E-state index contributed by atoms with van der Waals surface area (Å²) in [6.45, 7) is 17.3. The fourth-order valence-electron chi connectivity index (χ4n) is 13.1. The molecular weight excluding hydrogens is 1030 g/mol. The molecule has 1 spiro atoms. The van der Waals surface area contributed by atoms with Crippen molar-refractivity contribution in [2.24, 2.45) is 0 Å². The van der Waals surface area contributed by atoms with Gasteiger partial charge in [-0.3, -0.25) is 0 Å². The van der Waals surface area contributed by atoms with Crippen LogP contribution >= 0.6 is 0 Å². The van der Waals surface area contributed by atoms with Crippen LogP contribution < -0.4 is 19.6 Å². The van der Waals surface area contributed by atoms with Gasteiger partial charge < -0.3 is 19.6 Å². The molecule has 412 valence electrons. The summed E-state index contributed by atoms with van der Waals surface area (Å²) in [7, 11) is 0. The van der Waals surface area contributed by atoms with Crippen LogP contribution in [0.15, 0.2) is 267 Å². The van der Waals surface area contributed by atoms with Gasteiger partial charge in [-0.15, -0.1) is 0 Å². The molecule has 85 heavy (non-hydrogen) atoms. The van der Waals surface area contributed by atoms with Gasteiger partial charge in [0.25, 0.3) is 0 Å². The average Bonchev–Trinajstić information content (AvgIpc) is 1.61. The summed E-state index contributed by atoms with van der Waals surface area (Å²) >= 11 is 0. The number of hydrogen-bond acceptors (Lipinski definition) is 4. The average molecular weight is 1100 g/mol. The molecule has 0 N–H and O–H groups in total. The van der Waals surface area contributed by atoms with Crippen LogP contribution in [0.5, 0.6) is 0 Å². The lowest BCUT2D eigenvalue weighted by atomic mass is 9.70. The second-order valence-corrected chi connectivity index (χ2v) is 23.7. The van der Waals surface area contributed by atoms with E-state index in [9.17, 15) is 0 Å². The topological polar surface area (TPSA) is 13.0 Å². The Balaban J connectivity index is 1.06. The third-order valence-corrected chi connectivity index (χ3v) is 17.6. The highest BCUT2D eigenvalue weighted by atomic mass is 15.2. The van der Waals surface area contributed by atoms with Crippen LogP contribution in [0.3, 0.4) is 0 Å². The van der Waals surface area contributed by atoms with Crippen molar-refractivity contribution in [3.05, 3.63) is 334 Å². The Morgan fingerprint density at radius 3 is 0.435 bits per heavy atom. The molecule has 0 amide bonds. The molecule has 0 aliphatic heterocycles. The minimum atomic E-state index is -0.697. The predicted octanol–water partition coefficient (Wildman–Crippen LogP) is 22.4. The smallest absolute Gasteiger partial charge is 0.0725 e. The molecule has 0 unspecified atom stereocenters. The number of hydrogen-bond donors (Lipinski definition) is 0. The zero-order chi connectivity index (χ0) is 58.1. The first kappa shape index (κ1) is 52.9. The number of nitrogens with zero attached hydrogens (tertiary/aromatic N) is 4. The van der Waals surface area contributed by atoms with E-state index in [0.717, 1.165) is 68.2 Å². The van der Waals surface area contributed by atoms with Gasteiger partial charge in [-0.05, 0) is 245 Å². The summed E-state index contributed by atoms with van der Waals surface area (Å²) < 4.78 is 0. The molecule has 0 bridgehead atoms. The van der Waals surface area contributed by atoms with Crippen LogP contribution in [0.25, 0.3) is 22.3 Å². The van der Waals surface area contributed by atoms with Gasteiger partial charge in [-0.2, -0.15) is 0 Å². The molecule has 0 heterocycles. The van der Waals surface area contributed by atoms with Crippen LogP contribution in [0.4, 0.5) is 68.2 Å². The summed E-state index contributed by atoms with van der Waals surface area (Å²) in [5.74, 6) is 0. The maximum Gasteiger partial charge on any atom is 0.0725 e. The van der Waals surface area contributed by atoms with Gasteiger partial charge in [0, 0.05) is 68.2 Å². The monoisotopic (exact) mass is 1100 g/mol. The van der Waals surface area contributed by atoms with Crippen molar-refractivity contribution in [2.75, 3.05) is 19.6 Å². The Labute approximate surface area is 501 Å². The van der Waals surface area contributed by atoms with Gasteiger partial charge in [0.2, 0.25) is 0 Å². The van der Waals surface area contributed by atoms with Crippen LogP contribution in [0.1, 0.15) is 66.8 Å². The number of benzene rings is 12. The van der Waals surface area contributed by atoms with Crippen molar-refractivity contribution in [3.63, 3.8) is 0 Å².